The van der Waals surface area contributed by atoms with E-state index in [2.05, 4.69) is 4.72 Å². The third-order valence-corrected chi connectivity index (χ3v) is 4.18. The summed E-state index contributed by atoms with van der Waals surface area (Å²) in [6, 6.07) is 2.50. The molecule has 3 N–H and O–H groups in total. The summed E-state index contributed by atoms with van der Waals surface area (Å²) in [5.74, 6) is -0.784. The van der Waals surface area contributed by atoms with Crippen LogP contribution in [0.4, 0.5) is 10.1 Å². The van der Waals surface area contributed by atoms with Crippen molar-refractivity contribution in [2.75, 3.05) is 39.2 Å². The summed E-state index contributed by atoms with van der Waals surface area (Å²) in [5.41, 5.74) is 5.96. The van der Waals surface area contributed by atoms with Crippen molar-refractivity contribution in [1.29, 1.82) is 0 Å². The van der Waals surface area contributed by atoms with E-state index < -0.39 is 20.7 Å². The molecule has 0 spiro atoms. The van der Waals surface area contributed by atoms with Crippen molar-refractivity contribution in [3.8, 4) is 0 Å². The van der Waals surface area contributed by atoms with Crippen molar-refractivity contribution in [2.45, 2.75) is 18.2 Å². The van der Waals surface area contributed by atoms with Gasteiger partial charge in [0.2, 0.25) is 10.0 Å². The van der Waals surface area contributed by atoms with E-state index in [1.807, 2.05) is 0 Å². The number of rotatable bonds is 9. The van der Waals surface area contributed by atoms with Gasteiger partial charge in [0.1, 0.15) is 10.7 Å². The fraction of sp³-hybridized carbons (Fsp3) is 0.538. The van der Waals surface area contributed by atoms with Gasteiger partial charge in [-0.1, -0.05) is 0 Å². The largest absolute Gasteiger partial charge is 0.399 e. The molecule has 8 heteroatoms. The molecular weight excluding hydrogens is 299 g/mol. The lowest BCUT2D eigenvalue weighted by Crippen LogP contribution is -2.27. The third kappa shape index (κ3) is 5.58. The minimum atomic E-state index is -3.92. The van der Waals surface area contributed by atoms with Gasteiger partial charge >= 0.3 is 0 Å². The molecule has 1 rings (SSSR count). The Bertz CT molecular complexity index is 564. The van der Waals surface area contributed by atoms with Crippen LogP contribution in [0.15, 0.2) is 17.0 Å². The number of hydrogen-bond donors (Lipinski definition) is 2. The summed E-state index contributed by atoms with van der Waals surface area (Å²) in [5, 5.41) is 0. The highest BCUT2D eigenvalue weighted by Crippen LogP contribution is 2.21. The number of halogens is 1. The maximum atomic E-state index is 13.9. The minimum absolute atomic E-state index is 0.155. The van der Waals surface area contributed by atoms with Crippen LogP contribution in [0, 0.1) is 12.7 Å². The zero-order valence-corrected chi connectivity index (χ0v) is 13.0. The normalized spacial score (nSPS) is 11.8. The van der Waals surface area contributed by atoms with Gasteiger partial charge in [-0.15, -0.1) is 0 Å². The van der Waals surface area contributed by atoms with Crippen LogP contribution >= 0.6 is 0 Å². The van der Waals surface area contributed by atoms with Gasteiger partial charge < -0.3 is 15.2 Å². The number of methoxy groups -OCH3 is 1. The SMILES string of the molecule is COCCOCCCNS(=O)(=O)c1cc(N)cc(C)c1F. The summed E-state index contributed by atoms with van der Waals surface area (Å²) < 4.78 is 50.3. The fourth-order valence-electron chi connectivity index (χ4n) is 1.66. The van der Waals surface area contributed by atoms with Gasteiger partial charge in [0.25, 0.3) is 0 Å². The first-order valence-corrected chi connectivity index (χ1v) is 7.98. The Hall–Kier alpha value is -1.22. The van der Waals surface area contributed by atoms with E-state index in [0.29, 0.717) is 26.2 Å². The molecule has 0 amide bonds. The van der Waals surface area contributed by atoms with Gasteiger partial charge in [-0.05, 0) is 31.0 Å². The Morgan fingerprint density at radius 1 is 1.29 bits per heavy atom. The first-order chi connectivity index (χ1) is 9.88. The van der Waals surface area contributed by atoms with Crippen molar-refractivity contribution in [3.63, 3.8) is 0 Å². The van der Waals surface area contributed by atoms with Gasteiger partial charge in [-0.2, -0.15) is 0 Å². The first-order valence-electron chi connectivity index (χ1n) is 6.50. The first kappa shape index (κ1) is 17.8. The second-order valence-corrected chi connectivity index (χ2v) is 6.24. The Morgan fingerprint density at radius 2 is 2.00 bits per heavy atom. The van der Waals surface area contributed by atoms with E-state index in [0.717, 1.165) is 6.07 Å². The van der Waals surface area contributed by atoms with Crippen LogP contribution in [0.1, 0.15) is 12.0 Å². The molecule has 0 aliphatic carbocycles. The fourth-order valence-corrected chi connectivity index (χ4v) is 2.92. The molecule has 0 saturated carbocycles. The minimum Gasteiger partial charge on any atom is -0.399 e. The zero-order valence-electron chi connectivity index (χ0n) is 12.2. The van der Waals surface area contributed by atoms with Crippen molar-refractivity contribution in [1.82, 2.24) is 4.72 Å². The highest BCUT2D eigenvalue weighted by Gasteiger charge is 2.20. The maximum Gasteiger partial charge on any atom is 0.243 e. The molecule has 21 heavy (non-hydrogen) atoms. The highest BCUT2D eigenvalue weighted by atomic mass is 32.2. The standard InChI is InChI=1S/C13H21FN2O4S/c1-10-8-11(15)9-12(13(10)14)21(17,18)16-4-3-5-20-7-6-19-2/h8-9,16H,3-7,15H2,1-2H3. The van der Waals surface area contributed by atoms with Crippen LogP contribution in [-0.2, 0) is 19.5 Å². The van der Waals surface area contributed by atoms with Gasteiger partial charge in [-0.3, -0.25) is 0 Å². The second kappa shape index (κ2) is 8.28. The lowest BCUT2D eigenvalue weighted by molar-refractivity contribution is 0.0699. The number of hydrogen-bond acceptors (Lipinski definition) is 5. The Balaban J connectivity index is 2.55. The average Bonchev–Trinajstić information content (AvgIpc) is 2.41. The van der Waals surface area contributed by atoms with Crippen LogP contribution in [0.3, 0.4) is 0 Å². The molecule has 6 nitrogen and oxygen atoms in total. The monoisotopic (exact) mass is 320 g/mol. The molecule has 1 aromatic rings. The number of benzene rings is 1. The van der Waals surface area contributed by atoms with E-state index in [4.69, 9.17) is 15.2 Å². The second-order valence-electron chi connectivity index (χ2n) is 4.51. The predicted molar refractivity (Wildman–Crippen MR) is 78.0 cm³/mol. The van der Waals surface area contributed by atoms with Gasteiger partial charge in [0.15, 0.2) is 0 Å². The molecule has 1 aromatic carbocycles. The summed E-state index contributed by atoms with van der Waals surface area (Å²) in [7, 11) is -2.35. The Kier molecular flexibility index (Phi) is 7.03. The summed E-state index contributed by atoms with van der Waals surface area (Å²) in [6.45, 7) is 2.95. The molecule has 0 radical (unpaired) electrons. The summed E-state index contributed by atoms with van der Waals surface area (Å²) in [6.07, 6.45) is 0.478. The van der Waals surface area contributed by atoms with Gasteiger partial charge in [-0.25, -0.2) is 17.5 Å². The molecule has 0 aliphatic heterocycles. The molecule has 0 unspecified atom stereocenters. The quantitative estimate of drug-likeness (QED) is 0.524. The zero-order chi connectivity index (χ0) is 15.9. The van der Waals surface area contributed by atoms with Gasteiger partial charge in [0, 0.05) is 25.9 Å². The van der Waals surface area contributed by atoms with E-state index in [9.17, 15) is 12.8 Å². The maximum absolute atomic E-state index is 13.9. The molecular formula is C13H21FN2O4S. The third-order valence-electron chi connectivity index (χ3n) is 2.72. The average molecular weight is 320 g/mol. The molecule has 0 bridgehead atoms. The molecule has 0 saturated heterocycles. The lowest BCUT2D eigenvalue weighted by Gasteiger charge is -2.10. The number of nitrogens with one attached hydrogen (secondary N) is 1. The molecule has 0 aromatic heterocycles. The lowest BCUT2D eigenvalue weighted by atomic mass is 10.2. The van der Waals surface area contributed by atoms with Crippen LogP contribution < -0.4 is 10.5 Å². The molecule has 0 heterocycles. The van der Waals surface area contributed by atoms with E-state index in [1.54, 1.807) is 7.11 Å². The van der Waals surface area contributed by atoms with E-state index in [1.165, 1.54) is 13.0 Å². The molecule has 120 valence electrons. The molecule has 0 atom stereocenters. The smallest absolute Gasteiger partial charge is 0.243 e. The van der Waals surface area contributed by atoms with E-state index in [-0.39, 0.29) is 17.8 Å². The Labute approximate surface area is 124 Å². The number of ether oxygens (including phenoxy) is 2. The Morgan fingerprint density at radius 3 is 2.67 bits per heavy atom. The van der Waals surface area contributed by atoms with Crippen LogP contribution in [-0.4, -0.2) is 41.9 Å². The van der Waals surface area contributed by atoms with Gasteiger partial charge in [0.05, 0.1) is 13.2 Å². The van der Waals surface area contributed by atoms with Crippen molar-refractivity contribution < 1.29 is 22.3 Å². The van der Waals surface area contributed by atoms with Crippen LogP contribution in [0.2, 0.25) is 0 Å². The van der Waals surface area contributed by atoms with E-state index >= 15 is 0 Å². The summed E-state index contributed by atoms with van der Waals surface area (Å²) in [4.78, 5) is -0.430. The van der Waals surface area contributed by atoms with Crippen molar-refractivity contribution >= 4 is 15.7 Å². The van der Waals surface area contributed by atoms with Crippen molar-refractivity contribution in [3.05, 3.63) is 23.5 Å². The highest BCUT2D eigenvalue weighted by molar-refractivity contribution is 7.89. The van der Waals surface area contributed by atoms with Crippen molar-refractivity contribution in [2.24, 2.45) is 0 Å². The molecule has 0 fully saturated rings. The number of aryl methyl sites for hydroxylation is 1. The topological polar surface area (TPSA) is 90.6 Å². The number of nitrogens with two attached hydrogens (primary N) is 1. The summed E-state index contributed by atoms with van der Waals surface area (Å²) >= 11 is 0. The number of sulfonamides is 1. The number of anilines is 1. The molecule has 0 aliphatic rings. The van der Waals surface area contributed by atoms with Crippen LogP contribution in [0.5, 0.6) is 0 Å². The predicted octanol–water partition coefficient (Wildman–Crippen LogP) is 1.05. The van der Waals surface area contributed by atoms with Crippen LogP contribution in [0.25, 0.3) is 0 Å². The number of nitrogen functional groups attached to an aromatic ring is 1.